The zero-order valence-electron chi connectivity index (χ0n) is 13.0. The van der Waals surface area contributed by atoms with E-state index in [2.05, 4.69) is 26.6 Å². The lowest BCUT2D eigenvalue weighted by Gasteiger charge is -2.21. The van der Waals surface area contributed by atoms with Gasteiger partial charge in [-0.2, -0.15) is 0 Å². The van der Waals surface area contributed by atoms with Gasteiger partial charge >= 0.3 is 6.09 Å². The first-order valence-electron chi connectivity index (χ1n) is 7.35. The molecule has 0 aliphatic rings. The average Bonchev–Trinajstić information content (AvgIpc) is 2.51. The number of rotatable bonds is 8. The Hall–Kier alpha value is -1.56. The Balaban J connectivity index is 2.44. The number of ether oxygens (including phenoxy) is 1. The number of carbonyl (C=O) groups is 2. The molecule has 0 aromatic heterocycles. The SMILES string of the molecule is CC(C)[C@H](NC(=O)OCc1ccccc1)C(=O)NCCCBr. The second-order valence-corrected chi connectivity index (χ2v) is 6.05. The summed E-state index contributed by atoms with van der Waals surface area (Å²) in [6.45, 7) is 4.52. The van der Waals surface area contributed by atoms with Crippen molar-refractivity contribution in [3.63, 3.8) is 0 Å². The van der Waals surface area contributed by atoms with Crippen LogP contribution in [0.1, 0.15) is 25.8 Å². The lowest BCUT2D eigenvalue weighted by Crippen LogP contribution is -2.50. The highest BCUT2D eigenvalue weighted by molar-refractivity contribution is 9.09. The van der Waals surface area contributed by atoms with Crippen LogP contribution in [0, 0.1) is 5.92 Å². The largest absolute Gasteiger partial charge is 0.445 e. The maximum absolute atomic E-state index is 12.1. The van der Waals surface area contributed by atoms with Crippen LogP contribution in [0.25, 0.3) is 0 Å². The summed E-state index contributed by atoms with van der Waals surface area (Å²) in [6.07, 6.45) is 0.257. The van der Waals surface area contributed by atoms with Gasteiger partial charge in [-0.25, -0.2) is 4.79 Å². The number of alkyl halides is 1. The molecule has 2 N–H and O–H groups in total. The van der Waals surface area contributed by atoms with Crippen LogP contribution in [0.2, 0.25) is 0 Å². The molecule has 1 aromatic carbocycles. The summed E-state index contributed by atoms with van der Waals surface area (Å²) in [5.74, 6) is -0.208. The van der Waals surface area contributed by atoms with Gasteiger partial charge < -0.3 is 15.4 Å². The van der Waals surface area contributed by atoms with Gasteiger partial charge in [0.1, 0.15) is 12.6 Å². The highest BCUT2D eigenvalue weighted by Crippen LogP contribution is 2.04. The maximum Gasteiger partial charge on any atom is 0.408 e. The number of halogens is 1. The van der Waals surface area contributed by atoms with E-state index in [4.69, 9.17) is 4.74 Å². The Morgan fingerprint density at radius 1 is 1.23 bits per heavy atom. The lowest BCUT2D eigenvalue weighted by atomic mass is 10.0. The average molecular weight is 371 g/mol. The van der Waals surface area contributed by atoms with E-state index in [1.54, 1.807) is 0 Å². The van der Waals surface area contributed by atoms with Gasteiger partial charge in [-0.15, -0.1) is 0 Å². The molecule has 1 aromatic rings. The molecule has 1 rings (SSSR count). The first-order chi connectivity index (χ1) is 10.5. The summed E-state index contributed by atoms with van der Waals surface area (Å²) in [5, 5.41) is 6.26. The summed E-state index contributed by atoms with van der Waals surface area (Å²) in [5.41, 5.74) is 0.903. The summed E-state index contributed by atoms with van der Waals surface area (Å²) >= 11 is 3.31. The molecule has 2 amide bonds. The zero-order chi connectivity index (χ0) is 16.4. The Labute approximate surface area is 139 Å². The highest BCUT2D eigenvalue weighted by atomic mass is 79.9. The van der Waals surface area contributed by atoms with Crippen molar-refractivity contribution in [2.24, 2.45) is 5.92 Å². The van der Waals surface area contributed by atoms with E-state index in [0.717, 1.165) is 17.3 Å². The van der Waals surface area contributed by atoms with Crippen molar-refractivity contribution in [2.75, 3.05) is 11.9 Å². The smallest absolute Gasteiger partial charge is 0.408 e. The molecule has 0 unspecified atom stereocenters. The summed E-state index contributed by atoms with van der Waals surface area (Å²) in [7, 11) is 0. The number of nitrogens with one attached hydrogen (secondary N) is 2. The minimum atomic E-state index is -0.599. The van der Waals surface area contributed by atoms with E-state index in [-0.39, 0.29) is 18.4 Å². The predicted octanol–water partition coefficient (Wildman–Crippen LogP) is 2.84. The number of amides is 2. The van der Waals surface area contributed by atoms with Crippen LogP contribution in [0.4, 0.5) is 4.79 Å². The number of hydrogen-bond donors (Lipinski definition) is 2. The molecule has 0 saturated heterocycles. The Bertz CT molecular complexity index is 466. The standard InChI is InChI=1S/C16H23BrN2O3/c1-12(2)14(15(20)18-10-6-9-17)19-16(21)22-11-13-7-4-3-5-8-13/h3-5,7-8,12,14H,6,9-11H2,1-2H3,(H,18,20)(H,19,21)/t14-/m0/s1. The third kappa shape index (κ3) is 6.93. The number of benzene rings is 1. The van der Waals surface area contributed by atoms with Gasteiger partial charge in [0.2, 0.25) is 5.91 Å². The lowest BCUT2D eigenvalue weighted by molar-refractivity contribution is -0.124. The third-order valence-corrected chi connectivity index (χ3v) is 3.61. The molecular weight excluding hydrogens is 348 g/mol. The van der Waals surface area contributed by atoms with Crippen LogP contribution in [0.3, 0.4) is 0 Å². The summed E-state index contributed by atoms with van der Waals surface area (Å²) < 4.78 is 5.15. The van der Waals surface area contributed by atoms with E-state index >= 15 is 0 Å². The quantitative estimate of drug-likeness (QED) is 0.546. The Kier molecular flexibility index (Phi) is 8.58. The van der Waals surface area contributed by atoms with Gasteiger partial charge in [-0.05, 0) is 17.9 Å². The van der Waals surface area contributed by atoms with Crippen LogP contribution >= 0.6 is 15.9 Å². The fourth-order valence-corrected chi connectivity index (χ4v) is 2.10. The number of carbonyl (C=O) groups excluding carboxylic acids is 2. The Morgan fingerprint density at radius 2 is 1.91 bits per heavy atom. The van der Waals surface area contributed by atoms with Gasteiger partial charge in [0, 0.05) is 11.9 Å². The third-order valence-electron chi connectivity index (χ3n) is 3.04. The minimum Gasteiger partial charge on any atom is -0.445 e. The molecule has 22 heavy (non-hydrogen) atoms. The number of hydrogen-bond acceptors (Lipinski definition) is 3. The molecule has 0 saturated carbocycles. The van der Waals surface area contributed by atoms with Crippen LogP contribution < -0.4 is 10.6 Å². The molecule has 0 radical (unpaired) electrons. The van der Waals surface area contributed by atoms with E-state index in [1.165, 1.54) is 0 Å². The second kappa shape index (κ2) is 10.2. The van der Waals surface area contributed by atoms with Crippen molar-refractivity contribution in [1.29, 1.82) is 0 Å². The van der Waals surface area contributed by atoms with E-state index in [9.17, 15) is 9.59 Å². The Morgan fingerprint density at radius 3 is 2.50 bits per heavy atom. The molecule has 1 atom stereocenters. The van der Waals surface area contributed by atoms with Gasteiger partial charge in [0.25, 0.3) is 0 Å². The topological polar surface area (TPSA) is 67.4 Å². The molecule has 0 spiro atoms. The second-order valence-electron chi connectivity index (χ2n) is 5.26. The van der Waals surface area contributed by atoms with Crippen LogP contribution in [-0.2, 0) is 16.1 Å². The zero-order valence-corrected chi connectivity index (χ0v) is 14.6. The van der Waals surface area contributed by atoms with Crippen LogP contribution in [0.5, 0.6) is 0 Å². The van der Waals surface area contributed by atoms with E-state index in [0.29, 0.717) is 6.54 Å². The molecule has 0 fully saturated rings. The molecule has 0 aliphatic carbocycles. The minimum absolute atomic E-state index is 0.0201. The van der Waals surface area contributed by atoms with Crippen LogP contribution in [0.15, 0.2) is 30.3 Å². The van der Waals surface area contributed by atoms with Gasteiger partial charge in [0.05, 0.1) is 0 Å². The molecule has 5 nitrogen and oxygen atoms in total. The van der Waals surface area contributed by atoms with Crippen molar-refractivity contribution in [3.05, 3.63) is 35.9 Å². The maximum atomic E-state index is 12.1. The van der Waals surface area contributed by atoms with Gasteiger partial charge in [-0.1, -0.05) is 60.1 Å². The normalized spacial score (nSPS) is 11.8. The molecule has 122 valence electrons. The highest BCUT2D eigenvalue weighted by Gasteiger charge is 2.24. The molecule has 0 heterocycles. The van der Waals surface area contributed by atoms with E-state index in [1.807, 2.05) is 44.2 Å². The number of alkyl carbamates (subject to hydrolysis) is 1. The van der Waals surface area contributed by atoms with Crippen molar-refractivity contribution in [1.82, 2.24) is 10.6 Å². The van der Waals surface area contributed by atoms with Crippen molar-refractivity contribution < 1.29 is 14.3 Å². The van der Waals surface area contributed by atoms with Crippen molar-refractivity contribution in [3.8, 4) is 0 Å². The van der Waals surface area contributed by atoms with Gasteiger partial charge in [0.15, 0.2) is 0 Å². The monoisotopic (exact) mass is 370 g/mol. The first-order valence-corrected chi connectivity index (χ1v) is 8.47. The van der Waals surface area contributed by atoms with E-state index < -0.39 is 12.1 Å². The molecular formula is C16H23BrN2O3. The summed E-state index contributed by atoms with van der Waals surface area (Å²) in [6, 6.07) is 8.81. The van der Waals surface area contributed by atoms with Crippen LogP contribution in [-0.4, -0.2) is 29.9 Å². The fraction of sp³-hybridized carbons (Fsp3) is 0.500. The van der Waals surface area contributed by atoms with Crippen molar-refractivity contribution >= 4 is 27.9 Å². The van der Waals surface area contributed by atoms with Crippen molar-refractivity contribution in [2.45, 2.75) is 32.9 Å². The molecule has 0 aliphatic heterocycles. The molecule has 0 bridgehead atoms. The summed E-state index contributed by atoms with van der Waals surface area (Å²) in [4.78, 5) is 23.9. The predicted molar refractivity (Wildman–Crippen MR) is 89.8 cm³/mol. The van der Waals surface area contributed by atoms with Gasteiger partial charge in [-0.3, -0.25) is 4.79 Å². The first kappa shape index (κ1) is 18.5. The molecule has 6 heteroatoms. The fourth-order valence-electron chi connectivity index (χ4n) is 1.82.